The van der Waals surface area contributed by atoms with Gasteiger partial charge >= 0.3 is 5.97 Å². The third kappa shape index (κ3) is 4.34. The van der Waals surface area contributed by atoms with Gasteiger partial charge in [0, 0.05) is 19.5 Å². The molecular weight excluding hydrogens is 220 g/mol. The molecule has 0 aliphatic carbocycles. The predicted molar refractivity (Wildman–Crippen MR) is 64.4 cm³/mol. The highest BCUT2D eigenvalue weighted by molar-refractivity contribution is 5.85. The maximum atomic E-state index is 11.9. The second-order valence-electron chi connectivity index (χ2n) is 5.39. The third-order valence-electron chi connectivity index (χ3n) is 3.22. The molecule has 98 valence electrons. The zero-order valence-electron chi connectivity index (χ0n) is 10.6. The third-order valence-corrected chi connectivity index (χ3v) is 3.22. The van der Waals surface area contributed by atoms with Crippen molar-refractivity contribution >= 4 is 11.9 Å². The fraction of sp³-hybridized carbons (Fsp3) is 0.833. The molecule has 1 amide bonds. The van der Waals surface area contributed by atoms with Crippen LogP contribution in [0.5, 0.6) is 0 Å². The first kappa shape index (κ1) is 14.0. The molecule has 0 saturated carbocycles. The van der Waals surface area contributed by atoms with E-state index in [1.165, 1.54) is 0 Å². The van der Waals surface area contributed by atoms with Crippen LogP contribution in [-0.4, -0.2) is 40.5 Å². The van der Waals surface area contributed by atoms with E-state index in [1.807, 2.05) is 0 Å². The first-order valence-corrected chi connectivity index (χ1v) is 6.10. The minimum absolute atomic E-state index is 0.0193. The smallest absolute Gasteiger partial charge is 0.303 e. The molecule has 1 rings (SSSR count). The van der Waals surface area contributed by atoms with Crippen LogP contribution in [0.15, 0.2) is 0 Å². The number of aliphatic carboxylic acids is 1. The van der Waals surface area contributed by atoms with Crippen molar-refractivity contribution in [2.24, 2.45) is 11.7 Å². The van der Waals surface area contributed by atoms with Gasteiger partial charge in [0.15, 0.2) is 0 Å². The van der Waals surface area contributed by atoms with Gasteiger partial charge in [-0.1, -0.05) is 0 Å². The quantitative estimate of drug-likeness (QED) is 0.764. The highest BCUT2D eigenvalue weighted by Crippen LogP contribution is 2.23. The lowest BCUT2D eigenvalue weighted by atomic mass is 9.91. The summed E-state index contributed by atoms with van der Waals surface area (Å²) in [6.45, 7) is 4.82. The maximum Gasteiger partial charge on any atom is 0.303 e. The normalized spacial score (nSPS) is 18.2. The molecule has 5 heteroatoms. The summed E-state index contributed by atoms with van der Waals surface area (Å²) in [5, 5.41) is 8.61. The number of hydrogen-bond acceptors (Lipinski definition) is 3. The lowest BCUT2D eigenvalue weighted by Gasteiger charge is -2.35. The van der Waals surface area contributed by atoms with Crippen LogP contribution in [0.4, 0.5) is 0 Å². The summed E-state index contributed by atoms with van der Waals surface area (Å²) in [6.07, 6.45) is 2.70. The van der Waals surface area contributed by atoms with Gasteiger partial charge in [-0.3, -0.25) is 9.59 Å². The van der Waals surface area contributed by atoms with Gasteiger partial charge in [-0.15, -0.1) is 0 Å². The van der Waals surface area contributed by atoms with Crippen LogP contribution in [0.25, 0.3) is 0 Å². The summed E-state index contributed by atoms with van der Waals surface area (Å²) in [4.78, 5) is 24.2. The number of piperidine rings is 1. The molecule has 1 aliphatic heterocycles. The van der Waals surface area contributed by atoms with Gasteiger partial charge in [0.1, 0.15) is 0 Å². The maximum absolute atomic E-state index is 11.9. The van der Waals surface area contributed by atoms with Crippen molar-refractivity contribution in [3.63, 3.8) is 0 Å². The van der Waals surface area contributed by atoms with Gasteiger partial charge in [0.25, 0.3) is 0 Å². The van der Waals surface area contributed by atoms with Crippen LogP contribution in [-0.2, 0) is 9.59 Å². The molecule has 0 aromatic rings. The van der Waals surface area contributed by atoms with E-state index in [0.717, 1.165) is 12.8 Å². The highest BCUT2D eigenvalue weighted by Gasteiger charge is 2.30. The van der Waals surface area contributed by atoms with Crippen LogP contribution in [0, 0.1) is 5.92 Å². The number of carbonyl (C=O) groups excluding carboxylic acids is 1. The first-order valence-electron chi connectivity index (χ1n) is 6.10. The minimum Gasteiger partial charge on any atom is -0.481 e. The molecule has 3 N–H and O–H groups in total. The number of carboxylic acid groups (broad SMARTS) is 1. The number of likely N-dealkylation sites (tertiary alicyclic amines) is 1. The number of carboxylic acids is 1. The zero-order chi connectivity index (χ0) is 13.1. The molecule has 1 aliphatic rings. The Labute approximate surface area is 102 Å². The largest absolute Gasteiger partial charge is 0.481 e. The average Bonchev–Trinajstić information content (AvgIpc) is 2.25. The SMILES string of the molecule is CC(C)(N)C(=O)N1CCC(CCC(=O)O)CC1. The Kier molecular flexibility index (Phi) is 4.51. The van der Waals surface area contributed by atoms with E-state index in [2.05, 4.69) is 0 Å². The van der Waals surface area contributed by atoms with Gasteiger partial charge in [-0.05, 0) is 39.0 Å². The summed E-state index contributed by atoms with van der Waals surface area (Å²) in [6, 6.07) is 0. The molecule has 5 nitrogen and oxygen atoms in total. The minimum atomic E-state index is -0.812. The van der Waals surface area contributed by atoms with Crippen molar-refractivity contribution in [3.8, 4) is 0 Å². The van der Waals surface area contributed by atoms with E-state index in [9.17, 15) is 9.59 Å². The summed E-state index contributed by atoms with van der Waals surface area (Å²) >= 11 is 0. The molecule has 0 aromatic heterocycles. The highest BCUT2D eigenvalue weighted by atomic mass is 16.4. The van der Waals surface area contributed by atoms with E-state index < -0.39 is 11.5 Å². The van der Waals surface area contributed by atoms with Crippen LogP contribution < -0.4 is 5.73 Å². The van der Waals surface area contributed by atoms with Crippen molar-refractivity contribution in [2.45, 2.75) is 45.1 Å². The molecule has 1 heterocycles. The zero-order valence-corrected chi connectivity index (χ0v) is 10.6. The van der Waals surface area contributed by atoms with Crippen molar-refractivity contribution in [2.75, 3.05) is 13.1 Å². The van der Waals surface area contributed by atoms with Crippen LogP contribution >= 0.6 is 0 Å². The van der Waals surface area contributed by atoms with E-state index in [1.54, 1.807) is 18.7 Å². The Morgan fingerprint density at radius 3 is 2.29 bits per heavy atom. The summed E-state index contributed by atoms with van der Waals surface area (Å²) in [7, 11) is 0. The number of nitrogens with two attached hydrogens (primary N) is 1. The average molecular weight is 242 g/mol. The second-order valence-corrected chi connectivity index (χ2v) is 5.39. The van der Waals surface area contributed by atoms with E-state index in [-0.39, 0.29) is 12.3 Å². The van der Waals surface area contributed by atoms with Crippen molar-refractivity contribution in [3.05, 3.63) is 0 Å². The van der Waals surface area contributed by atoms with E-state index in [0.29, 0.717) is 25.4 Å². The molecule has 0 aromatic carbocycles. The molecule has 17 heavy (non-hydrogen) atoms. The lowest BCUT2D eigenvalue weighted by molar-refractivity contribution is -0.139. The Hall–Kier alpha value is -1.10. The molecule has 1 saturated heterocycles. The van der Waals surface area contributed by atoms with Crippen LogP contribution in [0.2, 0.25) is 0 Å². The van der Waals surface area contributed by atoms with Gasteiger partial charge in [-0.2, -0.15) is 0 Å². The Morgan fingerprint density at radius 2 is 1.88 bits per heavy atom. The topological polar surface area (TPSA) is 83.6 Å². The summed E-state index contributed by atoms with van der Waals surface area (Å²) in [5.41, 5.74) is 4.96. The standard InChI is InChI=1S/C12H22N2O3/c1-12(2,13)11(17)14-7-5-9(6-8-14)3-4-10(15)16/h9H,3-8,13H2,1-2H3,(H,15,16). The number of nitrogens with zero attached hydrogens (tertiary/aromatic N) is 1. The van der Waals surface area contributed by atoms with E-state index in [4.69, 9.17) is 10.8 Å². The summed E-state index contributed by atoms with van der Waals surface area (Å²) in [5.74, 6) is -0.336. The predicted octanol–water partition coefficient (Wildman–Crippen LogP) is 0.827. The molecule has 0 bridgehead atoms. The molecule has 1 fully saturated rings. The van der Waals surface area contributed by atoms with Crippen molar-refractivity contribution in [1.82, 2.24) is 4.90 Å². The fourth-order valence-corrected chi connectivity index (χ4v) is 2.16. The molecule has 0 unspecified atom stereocenters. The molecule has 0 radical (unpaired) electrons. The second kappa shape index (κ2) is 5.49. The number of carbonyl (C=O) groups is 2. The first-order chi connectivity index (χ1) is 7.80. The number of amides is 1. The molecule has 0 spiro atoms. The summed E-state index contributed by atoms with van der Waals surface area (Å²) < 4.78 is 0. The fourth-order valence-electron chi connectivity index (χ4n) is 2.16. The van der Waals surface area contributed by atoms with Crippen LogP contribution in [0.1, 0.15) is 39.5 Å². The Bertz CT molecular complexity index is 289. The molecular formula is C12H22N2O3. The van der Waals surface area contributed by atoms with Crippen LogP contribution in [0.3, 0.4) is 0 Å². The number of hydrogen-bond donors (Lipinski definition) is 2. The van der Waals surface area contributed by atoms with Crippen molar-refractivity contribution < 1.29 is 14.7 Å². The van der Waals surface area contributed by atoms with Gasteiger partial charge < -0.3 is 15.7 Å². The number of rotatable bonds is 4. The monoisotopic (exact) mass is 242 g/mol. The van der Waals surface area contributed by atoms with Gasteiger partial charge in [0.05, 0.1) is 5.54 Å². The van der Waals surface area contributed by atoms with E-state index >= 15 is 0 Å². The van der Waals surface area contributed by atoms with Crippen molar-refractivity contribution in [1.29, 1.82) is 0 Å². The molecule has 0 atom stereocenters. The van der Waals surface area contributed by atoms with Gasteiger partial charge in [0.2, 0.25) is 5.91 Å². The lowest BCUT2D eigenvalue weighted by Crippen LogP contribution is -2.53. The van der Waals surface area contributed by atoms with Gasteiger partial charge in [-0.25, -0.2) is 0 Å². The Balaban J connectivity index is 2.36. The Morgan fingerprint density at radius 1 is 1.35 bits per heavy atom.